The zero-order valence-corrected chi connectivity index (χ0v) is 10.6. The van der Waals surface area contributed by atoms with Crippen LogP contribution >= 0.6 is 22.6 Å². The standard InChI is InChI=1S/C9H11IN4O/c1-6(3-4-11)14(2)8-7(10)9(15)13-5-12-8/h5-6H,3H2,1-2H3,(H,12,13,15). The second kappa shape index (κ2) is 5.11. The minimum Gasteiger partial charge on any atom is -0.355 e. The molecule has 1 N–H and O–H groups in total. The van der Waals surface area contributed by atoms with Crippen LogP contribution in [-0.2, 0) is 0 Å². The first-order chi connectivity index (χ1) is 7.07. The van der Waals surface area contributed by atoms with Gasteiger partial charge in [-0.25, -0.2) is 4.98 Å². The smallest absolute Gasteiger partial charge is 0.266 e. The van der Waals surface area contributed by atoms with Crippen molar-refractivity contribution in [1.29, 1.82) is 5.26 Å². The quantitative estimate of drug-likeness (QED) is 0.848. The molecule has 1 heterocycles. The highest BCUT2D eigenvalue weighted by Crippen LogP contribution is 2.16. The molecule has 0 amide bonds. The maximum Gasteiger partial charge on any atom is 0.266 e. The molecular formula is C9H11IN4O. The van der Waals surface area contributed by atoms with Crippen LogP contribution in [0, 0.1) is 14.9 Å². The van der Waals surface area contributed by atoms with Gasteiger partial charge < -0.3 is 9.88 Å². The average molecular weight is 318 g/mol. The molecule has 0 radical (unpaired) electrons. The summed E-state index contributed by atoms with van der Waals surface area (Å²) in [5, 5.41) is 8.59. The van der Waals surface area contributed by atoms with Gasteiger partial charge in [-0.05, 0) is 29.5 Å². The molecule has 1 atom stereocenters. The van der Waals surface area contributed by atoms with E-state index in [2.05, 4.69) is 16.0 Å². The molecule has 0 aliphatic carbocycles. The summed E-state index contributed by atoms with van der Waals surface area (Å²) in [6, 6.07) is 2.13. The lowest BCUT2D eigenvalue weighted by Crippen LogP contribution is -2.31. The molecule has 1 rings (SSSR count). The molecule has 1 aromatic rings. The molecule has 5 nitrogen and oxygen atoms in total. The van der Waals surface area contributed by atoms with Crippen molar-refractivity contribution in [1.82, 2.24) is 9.97 Å². The Labute approximate surface area is 101 Å². The third-order valence-electron chi connectivity index (χ3n) is 2.16. The Kier molecular flexibility index (Phi) is 4.08. The molecule has 0 aromatic carbocycles. The summed E-state index contributed by atoms with van der Waals surface area (Å²) in [5.74, 6) is 0.613. The SMILES string of the molecule is CC(CC#N)N(C)c1nc[nH]c(=O)c1I. The zero-order chi connectivity index (χ0) is 11.4. The third-order valence-corrected chi connectivity index (χ3v) is 3.13. The molecule has 80 valence electrons. The van der Waals surface area contributed by atoms with Crippen LogP contribution in [0.25, 0.3) is 0 Å². The lowest BCUT2D eigenvalue weighted by Gasteiger charge is -2.24. The number of aromatic nitrogens is 2. The van der Waals surface area contributed by atoms with E-state index in [4.69, 9.17) is 5.26 Å². The van der Waals surface area contributed by atoms with E-state index >= 15 is 0 Å². The van der Waals surface area contributed by atoms with Gasteiger partial charge in [0.2, 0.25) is 0 Å². The summed E-state index contributed by atoms with van der Waals surface area (Å²) >= 11 is 1.95. The number of hydrogen-bond acceptors (Lipinski definition) is 4. The molecule has 15 heavy (non-hydrogen) atoms. The molecule has 0 saturated carbocycles. The number of nitrogens with one attached hydrogen (secondary N) is 1. The summed E-state index contributed by atoms with van der Waals surface area (Å²) in [6.45, 7) is 1.92. The summed E-state index contributed by atoms with van der Waals surface area (Å²) in [4.78, 5) is 19.8. The van der Waals surface area contributed by atoms with Crippen LogP contribution < -0.4 is 10.5 Å². The Morgan fingerprint density at radius 2 is 2.47 bits per heavy atom. The minimum atomic E-state index is -0.156. The Morgan fingerprint density at radius 1 is 1.80 bits per heavy atom. The highest BCUT2D eigenvalue weighted by atomic mass is 127. The van der Waals surface area contributed by atoms with Crippen molar-refractivity contribution in [2.75, 3.05) is 11.9 Å². The van der Waals surface area contributed by atoms with Crippen molar-refractivity contribution in [3.8, 4) is 6.07 Å². The van der Waals surface area contributed by atoms with Crippen LogP contribution in [-0.4, -0.2) is 23.1 Å². The highest BCUT2D eigenvalue weighted by Gasteiger charge is 2.15. The second-order valence-electron chi connectivity index (χ2n) is 3.19. The first-order valence-corrected chi connectivity index (χ1v) is 5.48. The van der Waals surface area contributed by atoms with Crippen LogP contribution in [0.1, 0.15) is 13.3 Å². The van der Waals surface area contributed by atoms with E-state index in [0.29, 0.717) is 15.8 Å². The number of H-pyrrole nitrogens is 1. The molecule has 0 saturated heterocycles. The van der Waals surface area contributed by atoms with Crippen molar-refractivity contribution in [3.05, 3.63) is 20.3 Å². The molecule has 0 bridgehead atoms. The van der Waals surface area contributed by atoms with Gasteiger partial charge in [-0.3, -0.25) is 4.79 Å². The fraction of sp³-hybridized carbons (Fsp3) is 0.444. The lowest BCUT2D eigenvalue weighted by atomic mass is 10.2. The van der Waals surface area contributed by atoms with Gasteiger partial charge >= 0.3 is 0 Å². The van der Waals surface area contributed by atoms with Gasteiger partial charge in [0.05, 0.1) is 18.8 Å². The van der Waals surface area contributed by atoms with Crippen LogP contribution in [0.5, 0.6) is 0 Å². The number of anilines is 1. The maximum absolute atomic E-state index is 11.3. The highest BCUT2D eigenvalue weighted by molar-refractivity contribution is 14.1. The summed E-state index contributed by atoms with van der Waals surface area (Å²) < 4.78 is 0.544. The topological polar surface area (TPSA) is 72.8 Å². The van der Waals surface area contributed by atoms with Gasteiger partial charge in [-0.15, -0.1) is 0 Å². The van der Waals surface area contributed by atoms with Crippen LogP contribution in [0.4, 0.5) is 5.82 Å². The number of rotatable bonds is 3. The van der Waals surface area contributed by atoms with Gasteiger partial charge in [0, 0.05) is 13.1 Å². The second-order valence-corrected chi connectivity index (χ2v) is 4.27. The minimum absolute atomic E-state index is 0.0396. The zero-order valence-electron chi connectivity index (χ0n) is 8.49. The largest absolute Gasteiger partial charge is 0.355 e. The Morgan fingerprint density at radius 3 is 3.07 bits per heavy atom. The molecule has 0 aliphatic heterocycles. The predicted octanol–water partition coefficient (Wildman–Crippen LogP) is 1.11. The predicted molar refractivity (Wildman–Crippen MR) is 65.7 cm³/mol. The number of nitriles is 1. The molecular weight excluding hydrogens is 307 g/mol. The molecule has 0 aliphatic rings. The van der Waals surface area contributed by atoms with Crippen molar-refractivity contribution >= 4 is 28.4 Å². The maximum atomic E-state index is 11.3. The van der Waals surface area contributed by atoms with Crippen molar-refractivity contribution in [2.45, 2.75) is 19.4 Å². The van der Waals surface area contributed by atoms with Crippen molar-refractivity contribution < 1.29 is 0 Å². The lowest BCUT2D eigenvalue weighted by molar-refractivity contribution is 0.690. The van der Waals surface area contributed by atoms with E-state index < -0.39 is 0 Å². The van der Waals surface area contributed by atoms with Crippen molar-refractivity contribution in [3.63, 3.8) is 0 Å². The van der Waals surface area contributed by atoms with Crippen LogP contribution in [0.15, 0.2) is 11.1 Å². The summed E-state index contributed by atoms with van der Waals surface area (Å²) in [6.07, 6.45) is 1.77. The fourth-order valence-electron chi connectivity index (χ4n) is 1.10. The van der Waals surface area contributed by atoms with E-state index in [1.54, 1.807) is 0 Å². The summed E-state index contributed by atoms with van der Waals surface area (Å²) in [5.41, 5.74) is -0.156. The van der Waals surface area contributed by atoms with E-state index in [9.17, 15) is 4.79 Å². The van der Waals surface area contributed by atoms with Crippen molar-refractivity contribution in [2.24, 2.45) is 0 Å². The number of halogens is 1. The van der Waals surface area contributed by atoms with E-state index in [0.717, 1.165) is 0 Å². The average Bonchev–Trinajstić information content (AvgIpc) is 2.21. The number of nitrogens with zero attached hydrogens (tertiary/aromatic N) is 3. The monoisotopic (exact) mass is 318 g/mol. The van der Waals surface area contributed by atoms with Gasteiger partial charge in [-0.1, -0.05) is 0 Å². The Bertz CT molecular complexity index is 436. The number of aromatic amines is 1. The Hall–Kier alpha value is -1.10. The van der Waals surface area contributed by atoms with Crippen LogP contribution in [0.2, 0.25) is 0 Å². The van der Waals surface area contributed by atoms with Gasteiger partial charge in [0.1, 0.15) is 9.39 Å². The molecule has 6 heteroatoms. The Balaban J connectivity index is 3.02. The molecule has 0 fully saturated rings. The van der Waals surface area contributed by atoms with E-state index in [1.165, 1.54) is 6.33 Å². The first kappa shape index (κ1) is 12.0. The normalized spacial score (nSPS) is 11.9. The molecule has 0 spiro atoms. The summed E-state index contributed by atoms with van der Waals surface area (Å²) in [7, 11) is 1.83. The van der Waals surface area contributed by atoms with Gasteiger partial charge in [-0.2, -0.15) is 5.26 Å². The fourth-order valence-corrected chi connectivity index (χ4v) is 1.77. The van der Waals surface area contributed by atoms with Gasteiger partial charge in [0.25, 0.3) is 5.56 Å². The number of hydrogen-bond donors (Lipinski definition) is 1. The van der Waals surface area contributed by atoms with Gasteiger partial charge in [0.15, 0.2) is 0 Å². The third kappa shape index (κ3) is 2.68. The first-order valence-electron chi connectivity index (χ1n) is 4.41. The van der Waals surface area contributed by atoms with E-state index in [-0.39, 0.29) is 11.6 Å². The van der Waals surface area contributed by atoms with E-state index in [1.807, 2.05) is 41.5 Å². The van der Waals surface area contributed by atoms with Crippen LogP contribution in [0.3, 0.4) is 0 Å². The molecule has 1 unspecified atom stereocenters. The molecule has 1 aromatic heterocycles.